The topological polar surface area (TPSA) is 22.9 Å². The molecule has 1 saturated heterocycles. The van der Waals surface area contributed by atoms with Gasteiger partial charge in [0, 0.05) is 0 Å². The molecule has 0 bridgehead atoms. The van der Waals surface area contributed by atoms with E-state index >= 15 is 0 Å². The Labute approximate surface area is 115 Å². The molecule has 2 rings (SSSR count). The lowest BCUT2D eigenvalue weighted by molar-refractivity contribution is -0.908. The van der Waals surface area contributed by atoms with Crippen LogP contribution >= 0.6 is 0 Å². The van der Waals surface area contributed by atoms with Gasteiger partial charge in [-0.1, -0.05) is 24.3 Å². The fourth-order valence-electron chi connectivity index (χ4n) is 2.44. The number of aryl methyl sites for hydroxylation is 1. The van der Waals surface area contributed by atoms with Gasteiger partial charge in [0.15, 0.2) is 0 Å². The lowest BCUT2D eigenvalue weighted by Gasteiger charge is -2.24. The number of hydrogen-bond donors (Lipinski definition) is 1. The Morgan fingerprint density at radius 1 is 1.37 bits per heavy atom. The quantitative estimate of drug-likeness (QED) is 0.774. The smallest absolute Gasteiger partial charge is 0.137 e. The van der Waals surface area contributed by atoms with Crippen molar-refractivity contribution in [1.82, 2.24) is 0 Å². The first-order chi connectivity index (χ1) is 9.31. The van der Waals surface area contributed by atoms with Gasteiger partial charge in [-0.2, -0.15) is 0 Å². The molecule has 0 unspecified atom stereocenters. The van der Waals surface area contributed by atoms with Crippen molar-refractivity contribution in [3.8, 4) is 5.75 Å². The number of ether oxygens (including phenoxy) is 2. The van der Waals surface area contributed by atoms with Crippen LogP contribution in [-0.4, -0.2) is 39.5 Å². The molecule has 3 heteroatoms. The summed E-state index contributed by atoms with van der Waals surface area (Å²) < 4.78 is 11.4. The SMILES string of the molecule is C=CCc1cccc(C)c1OCC[NH+]1CCOCC1. The van der Waals surface area contributed by atoms with Crippen LogP contribution in [0.25, 0.3) is 0 Å². The largest absolute Gasteiger partial charge is 0.487 e. The van der Waals surface area contributed by atoms with Crippen molar-refractivity contribution in [2.75, 3.05) is 39.5 Å². The van der Waals surface area contributed by atoms with Crippen molar-refractivity contribution in [3.63, 3.8) is 0 Å². The number of morpholine rings is 1. The second-order valence-corrected chi connectivity index (χ2v) is 5.02. The van der Waals surface area contributed by atoms with Gasteiger partial charge in [-0.05, 0) is 24.5 Å². The van der Waals surface area contributed by atoms with Gasteiger partial charge in [-0.15, -0.1) is 6.58 Å². The minimum absolute atomic E-state index is 0.768. The molecule has 104 valence electrons. The molecule has 0 spiro atoms. The summed E-state index contributed by atoms with van der Waals surface area (Å²) in [6.45, 7) is 11.7. The second-order valence-electron chi connectivity index (χ2n) is 5.02. The number of hydrogen-bond acceptors (Lipinski definition) is 2. The first-order valence-corrected chi connectivity index (χ1v) is 7.04. The standard InChI is InChI=1S/C16H23NO2/c1-3-5-15-7-4-6-14(2)16(15)19-13-10-17-8-11-18-12-9-17/h3-4,6-7H,1,5,8-13H2,2H3/p+1. The van der Waals surface area contributed by atoms with E-state index in [9.17, 15) is 0 Å². The molecule has 1 aromatic carbocycles. The number of nitrogens with one attached hydrogen (secondary N) is 1. The molecule has 1 N–H and O–H groups in total. The number of allylic oxidation sites excluding steroid dienone is 1. The van der Waals surface area contributed by atoms with Crippen LogP contribution in [0.1, 0.15) is 11.1 Å². The molecular formula is C16H24NO2+. The van der Waals surface area contributed by atoms with Crippen LogP contribution in [0.2, 0.25) is 0 Å². The van der Waals surface area contributed by atoms with Crippen molar-refractivity contribution in [3.05, 3.63) is 42.0 Å². The summed E-state index contributed by atoms with van der Waals surface area (Å²) in [4.78, 5) is 1.57. The maximum atomic E-state index is 6.01. The van der Waals surface area contributed by atoms with E-state index in [1.54, 1.807) is 4.90 Å². The fourth-order valence-corrected chi connectivity index (χ4v) is 2.44. The molecular weight excluding hydrogens is 238 g/mol. The third-order valence-electron chi connectivity index (χ3n) is 3.56. The Morgan fingerprint density at radius 2 is 2.16 bits per heavy atom. The van der Waals surface area contributed by atoms with Crippen molar-refractivity contribution in [1.29, 1.82) is 0 Å². The zero-order chi connectivity index (χ0) is 13.5. The van der Waals surface area contributed by atoms with Crippen molar-refractivity contribution in [2.24, 2.45) is 0 Å². The molecule has 0 radical (unpaired) electrons. The van der Waals surface area contributed by atoms with Crippen molar-refractivity contribution >= 4 is 0 Å². The maximum absolute atomic E-state index is 6.01. The average molecular weight is 262 g/mol. The molecule has 3 nitrogen and oxygen atoms in total. The van der Waals surface area contributed by atoms with Crippen LogP contribution in [-0.2, 0) is 11.2 Å². The summed E-state index contributed by atoms with van der Waals surface area (Å²) in [6.07, 6.45) is 2.79. The summed E-state index contributed by atoms with van der Waals surface area (Å²) in [5.74, 6) is 1.04. The Hall–Kier alpha value is -1.32. The highest BCUT2D eigenvalue weighted by atomic mass is 16.5. The van der Waals surface area contributed by atoms with Crippen LogP contribution < -0.4 is 9.64 Å². The zero-order valence-corrected chi connectivity index (χ0v) is 11.8. The Kier molecular flexibility index (Phi) is 5.43. The van der Waals surface area contributed by atoms with Crippen LogP contribution in [0.15, 0.2) is 30.9 Å². The minimum atomic E-state index is 0.768. The summed E-state index contributed by atoms with van der Waals surface area (Å²) in [7, 11) is 0. The molecule has 0 atom stereocenters. The molecule has 1 aliphatic heterocycles. The van der Waals surface area contributed by atoms with E-state index in [0.717, 1.165) is 51.6 Å². The molecule has 0 saturated carbocycles. The van der Waals surface area contributed by atoms with Gasteiger partial charge in [0.25, 0.3) is 0 Å². The van der Waals surface area contributed by atoms with E-state index in [1.165, 1.54) is 11.1 Å². The number of para-hydroxylation sites is 1. The van der Waals surface area contributed by atoms with E-state index in [0.29, 0.717) is 0 Å². The van der Waals surface area contributed by atoms with Crippen LogP contribution in [0.5, 0.6) is 5.75 Å². The van der Waals surface area contributed by atoms with E-state index < -0.39 is 0 Å². The summed E-state index contributed by atoms with van der Waals surface area (Å²) in [5.41, 5.74) is 2.43. The Balaban J connectivity index is 1.89. The predicted octanol–water partition coefficient (Wildman–Crippen LogP) is 1.02. The predicted molar refractivity (Wildman–Crippen MR) is 77.0 cm³/mol. The Morgan fingerprint density at radius 3 is 2.89 bits per heavy atom. The van der Waals surface area contributed by atoms with Crippen molar-refractivity contribution < 1.29 is 14.4 Å². The monoisotopic (exact) mass is 262 g/mol. The molecule has 0 aromatic heterocycles. The van der Waals surface area contributed by atoms with Crippen LogP contribution in [0, 0.1) is 6.92 Å². The van der Waals surface area contributed by atoms with Gasteiger partial charge in [-0.25, -0.2) is 0 Å². The molecule has 1 fully saturated rings. The van der Waals surface area contributed by atoms with Crippen LogP contribution in [0.3, 0.4) is 0 Å². The molecule has 1 aromatic rings. The van der Waals surface area contributed by atoms with Crippen molar-refractivity contribution in [2.45, 2.75) is 13.3 Å². The zero-order valence-electron chi connectivity index (χ0n) is 11.8. The molecule has 1 aliphatic rings. The van der Waals surface area contributed by atoms with Gasteiger partial charge >= 0.3 is 0 Å². The number of quaternary nitrogens is 1. The fraction of sp³-hybridized carbons (Fsp3) is 0.500. The minimum Gasteiger partial charge on any atom is -0.487 e. The first-order valence-electron chi connectivity index (χ1n) is 7.04. The lowest BCUT2D eigenvalue weighted by Crippen LogP contribution is -3.14. The highest BCUT2D eigenvalue weighted by Crippen LogP contribution is 2.23. The van der Waals surface area contributed by atoms with Crippen LogP contribution in [0.4, 0.5) is 0 Å². The van der Waals surface area contributed by atoms with E-state index in [1.807, 2.05) is 6.08 Å². The Bertz CT molecular complexity index is 411. The highest BCUT2D eigenvalue weighted by molar-refractivity contribution is 5.41. The third kappa shape index (κ3) is 4.08. The average Bonchev–Trinajstić information content (AvgIpc) is 2.43. The lowest BCUT2D eigenvalue weighted by atomic mass is 10.1. The first kappa shape index (κ1) is 14.1. The highest BCUT2D eigenvalue weighted by Gasteiger charge is 2.14. The van der Waals surface area contributed by atoms with E-state index in [4.69, 9.17) is 9.47 Å². The summed E-state index contributed by atoms with van der Waals surface area (Å²) >= 11 is 0. The second kappa shape index (κ2) is 7.31. The van der Waals surface area contributed by atoms with Gasteiger partial charge < -0.3 is 14.4 Å². The molecule has 1 heterocycles. The summed E-state index contributed by atoms with van der Waals surface area (Å²) in [5, 5.41) is 0. The van der Waals surface area contributed by atoms with Gasteiger partial charge in [0.1, 0.15) is 32.0 Å². The molecule has 0 amide bonds. The van der Waals surface area contributed by atoms with Gasteiger partial charge in [-0.3, -0.25) is 0 Å². The normalized spacial score (nSPS) is 16.3. The third-order valence-corrected chi connectivity index (χ3v) is 3.56. The van der Waals surface area contributed by atoms with Gasteiger partial charge in [0.05, 0.1) is 13.2 Å². The van der Waals surface area contributed by atoms with E-state index in [2.05, 4.69) is 31.7 Å². The number of benzene rings is 1. The van der Waals surface area contributed by atoms with E-state index in [-0.39, 0.29) is 0 Å². The van der Waals surface area contributed by atoms with Gasteiger partial charge in [0.2, 0.25) is 0 Å². The summed E-state index contributed by atoms with van der Waals surface area (Å²) in [6, 6.07) is 6.30. The molecule has 0 aliphatic carbocycles. The number of rotatable bonds is 6. The molecule has 19 heavy (non-hydrogen) atoms. The maximum Gasteiger partial charge on any atom is 0.137 e.